The van der Waals surface area contributed by atoms with Crippen molar-refractivity contribution in [3.05, 3.63) is 51.8 Å². The lowest BCUT2D eigenvalue weighted by Crippen LogP contribution is -2.17. The van der Waals surface area contributed by atoms with Crippen molar-refractivity contribution in [2.45, 2.75) is 33.7 Å². The number of aryl methyl sites for hydroxylation is 1. The highest BCUT2D eigenvalue weighted by Gasteiger charge is 2.10. The molecule has 20 heavy (non-hydrogen) atoms. The molecule has 1 aromatic carbocycles. The van der Waals surface area contributed by atoms with E-state index in [9.17, 15) is 0 Å². The topological polar surface area (TPSA) is 29.9 Å². The van der Waals surface area contributed by atoms with Crippen molar-refractivity contribution in [3.63, 3.8) is 0 Å². The third kappa shape index (κ3) is 3.41. The van der Waals surface area contributed by atoms with Gasteiger partial charge in [0.1, 0.15) is 0 Å². The van der Waals surface area contributed by atoms with Crippen LogP contribution in [-0.2, 0) is 13.0 Å². The molecule has 2 rings (SSSR count). The van der Waals surface area contributed by atoms with E-state index in [0.29, 0.717) is 0 Å². The molecule has 1 N–H and O–H groups in total. The molecule has 1 heterocycles. The largest absolute Gasteiger partial charge is 0.317 e. The standard InChI is InChI=1S/C16H22ClN3/c1-4-18-10-9-14-7-5-6-8-15(14)11-20-13(3)16(17)12(2)19-20/h5-8,18H,4,9-11H2,1-3H3. The van der Waals surface area contributed by atoms with Crippen LogP contribution < -0.4 is 5.32 Å². The minimum Gasteiger partial charge on any atom is -0.317 e. The molecule has 0 bridgehead atoms. The first-order valence-electron chi connectivity index (χ1n) is 7.10. The van der Waals surface area contributed by atoms with Gasteiger partial charge in [-0.25, -0.2) is 0 Å². The quantitative estimate of drug-likeness (QED) is 0.827. The van der Waals surface area contributed by atoms with Gasteiger partial charge in [-0.1, -0.05) is 42.8 Å². The molecule has 0 saturated heterocycles. The van der Waals surface area contributed by atoms with Gasteiger partial charge >= 0.3 is 0 Å². The fraction of sp³-hybridized carbons (Fsp3) is 0.438. The van der Waals surface area contributed by atoms with Gasteiger partial charge in [0.05, 0.1) is 23.0 Å². The Bertz CT molecular complexity index is 575. The second kappa shape index (κ2) is 6.91. The first kappa shape index (κ1) is 15.1. The van der Waals surface area contributed by atoms with Crippen molar-refractivity contribution in [1.29, 1.82) is 0 Å². The van der Waals surface area contributed by atoms with Crippen molar-refractivity contribution >= 4 is 11.6 Å². The molecule has 0 radical (unpaired) electrons. The van der Waals surface area contributed by atoms with Crippen LogP contribution in [0.15, 0.2) is 24.3 Å². The van der Waals surface area contributed by atoms with Gasteiger partial charge in [0, 0.05) is 0 Å². The summed E-state index contributed by atoms with van der Waals surface area (Å²) in [7, 11) is 0. The Kier molecular flexibility index (Phi) is 5.21. The number of nitrogens with zero attached hydrogens (tertiary/aromatic N) is 2. The highest BCUT2D eigenvalue weighted by Crippen LogP contribution is 2.20. The van der Waals surface area contributed by atoms with E-state index < -0.39 is 0 Å². The molecule has 2 aromatic rings. The van der Waals surface area contributed by atoms with Gasteiger partial charge in [0.25, 0.3) is 0 Å². The van der Waals surface area contributed by atoms with Gasteiger partial charge in [0.2, 0.25) is 0 Å². The van der Waals surface area contributed by atoms with Crippen LogP contribution >= 0.6 is 11.6 Å². The van der Waals surface area contributed by atoms with E-state index in [1.807, 2.05) is 18.5 Å². The van der Waals surface area contributed by atoms with E-state index >= 15 is 0 Å². The van der Waals surface area contributed by atoms with Crippen LogP contribution in [0.2, 0.25) is 5.02 Å². The zero-order valence-electron chi connectivity index (χ0n) is 12.4. The molecule has 4 heteroatoms. The number of halogens is 1. The summed E-state index contributed by atoms with van der Waals surface area (Å²) >= 11 is 6.21. The minimum absolute atomic E-state index is 0.773. The molecule has 0 spiro atoms. The molecule has 0 unspecified atom stereocenters. The van der Waals surface area contributed by atoms with Crippen LogP contribution in [0, 0.1) is 13.8 Å². The lowest BCUT2D eigenvalue weighted by Gasteiger charge is -2.11. The normalized spacial score (nSPS) is 11.0. The first-order chi connectivity index (χ1) is 9.63. The number of benzene rings is 1. The van der Waals surface area contributed by atoms with Crippen LogP contribution in [0.3, 0.4) is 0 Å². The van der Waals surface area contributed by atoms with E-state index in [1.54, 1.807) is 0 Å². The lowest BCUT2D eigenvalue weighted by molar-refractivity contribution is 0.648. The minimum atomic E-state index is 0.773. The fourth-order valence-corrected chi connectivity index (χ4v) is 2.48. The number of likely N-dealkylation sites (N-methyl/N-ethyl adjacent to an activating group) is 1. The van der Waals surface area contributed by atoms with E-state index in [1.165, 1.54) is 11.1 Å². The molecule has 0 amide bonds. The molecule has 0 aliphatic heterocycles. The predicted molar refractivity (Wildman–Crippen MR) is 84.5 cm³/mol. The van der Waals surface area contributed by atoms with Crippen LogP contribution in [0.5, 0.6) is 0 Å². The Morgan fingerprint density at radius 1 is 1.20 bits per heavy atom. The fourth-order valence-electron chi connectivity index (χ4n) is 2.35. The second-order valence-corrected chi connectivity index (χ2v) is 5.39. The van der Waals surface area contributed by atoms with Crippen LogP contribution in [0.4, 0.5) is 0 Å². The van der Waals surface area contributed by atoms with Crippen molar-refractivity contribution in [2.24, 2.45) is 0 Å². The average molecular weight is 292 g/mol. The lowest BCUT2D eigenvalue weighted by atomic mass is 10.0. The van der Waals surface area contributed by atoms with Gasteiger partial charge in [0.15, 0.2) is 0 Å². The van der Waals surface area contributed by atoms with Gasteiger partial charge in [-0.2, -0.15) is 5.10 Å². The molecule has 0 aliphatic rings. The Balaban J connectivity index is 2.18. The van der Waals surface area contributed by atoms with Crippen molar-refractivity contribution in [2.75, 3.05) is 13.1 Å². The van der Waals surface area contributed by atoms with Gasteiger partial charge in [-0.3, -0.25) is 4.68 Å². The Morgan fingerprint density at radius 2 is 1.90 bits per heavy atom. The second-order valence-electron chi connectivity index (χ2n) is 5.01. The summed E-state index contributed by atoms with van der Waals surface area (Å²) in [6.07, 6.45) is 1.04. The molecule has 3 nitrogen and oxygen atoms in total. The number of rotatable bonds is 6. The molecule has 0 atom stereocenters. The Labute approximate surface area is 126 Å². The Hall–Kier alpha value is -1.32. The van der Waals surface area contributed by atoms with Gasteiger partial charge < -0.3 is 5.32 Å². The van der Waals surface area contributed by atoms with Gasteiger partial charge in [-0.15, -0.1) is 0 Å². The summed E-state index contributed by atoms with van der Waals surface area (Å²) in [4.78, 5) is 0. The predicted octanol–water partition coefficient (Wildman–Crippen LogP) is 3.35. The first-order valence-corrected chi connectivity index (χ1v) is 7.48. The van der Waals surface area contributed by atoms with E-state index in [-0.39, 0.29) is 0 Å². The maximum absolute atomic E-state index is 6.21. The summed E-state index contributed by atoms with van der Waals surface area (Å²) in [6.45, 7) is 8.89. The Morgan fingerprint density at radius 3 is 2.50 bits per heavy atom. The number of hydrogen-bond acceptors (Lipinski definition) is 2. The molecule has 0 aliphatic carbocycles. The van der Waals surface area contributed by atoms with Crippen molar-refractivity contribution in [3.8, 4) is 0 Å². The molecule has 108 valence electrons. The highest BCUT2D eigenvalue weighted by molar-refractivity contribution is 6.31. The zero-order valence-corrected chi connectivity index (χ0v) is 13.2. The summed E-state index contributed by atoms with van der Waals surface area (Å²) in [5, 5.41) is 8.65. The maximum Gasteiger partial charge on any atom is 0.0844 e. The number of nitrogens with one attached hydrogen (secondary N) is 1. The van der Waals surface area contributed by atoms with E-state index in [0.717, 1.165) is 42.5 Å². The summed E-state index contributed by atoms with van der Waals surface area (Å²) in [5.74, 6) is 0. The third-order valence-corrected chi connectivity index (χ3v) is 4.10. The number of hydrogen-bond donors (Lipinski definition) is 1. The summed E-state index contributed by atoms with van der Waals surface area (Å²) in [5.41, 5.74) is 4.62. The van der Waals surface area contributed by atoms with Crippen LogP contribution in [0.25, 0.3) is 0 Å². The molecular formula is C16H22ClN3. The third-order valence-electron chi connectivity index (χ3n) is 3.55. The summed E-state index contributed by atoms with van der Waals surface area (Å²) < 4.78 is 1.99. The zero-order chi connectivity index (χ0) is 14.5. The van der Waals surface area contributed by atoms with E-state index in [4.69, 9.17) is 11.6 Å². The maximum atomic E-state index is 6.21. The molecular weight excluding hydrogens is 270 g/mol. The molecule has 0 fully saturated rings. The highest BCUT2D eigenvalue weighted by atomic mass is 35.5. The summed E-state index contributed by atoms with van der Waals surface area (Å²) in [6, 6.07) is 8.55. The van der Waals surface area contributed by atoms with Gasteiger partial charge in [-0.05, 0) is 44.5 Å². The molecule has 1 aromatic heterocycles. The van der Waals surface area contributed by atoms with Crippen molar-refractivity contribution in [1.82, 2.24) is 15.1 Å². The van der Waals surface area contributed by atoms with Crippen molar-refractivity contribution < 1.29 is 0 Å². The SMILES string of the molecule is CCNCCc1ccccc1Cn1nc(C)c(Cl)c1C. The van der Waals surface area contributed by atoms with Crippen LogP contribution in [-0.4, -0.2) is 22.9 Å². The number of aromatic nitrogens is 2. The average Bonchev–Trinajstić information content (AvgIpc) is 2.68. The molecule has 0 saturated carbocycles. The monoisotopic (exact) mass is 291 g/mol. The van der Waals surface area contributed by atoms with Crippen LogP contribution in [0.1, 0.15) is 29.4 Å². The smallest absolute Gasteiger partial charge is 0.0844 e. The van der Waals surface area contributed by atoms with E-state index in [2.05, 4.69) is 41.6 Å².